The number of nitrogens with one attached hydrogen (secondary N) is 1. The number of rotatable bonds is 5. The van der Waals surface area contributed by atoms with Crippen LogP contribution in [0, 0.1) is 0 Å². The van der Waals surface area contributed by atoms with Gasteiger partial charge in [0.05, 0.1) is 23.4 Å². The van der Waals surface area contributed by atoms with Crippen LogP contribution in [0.5, 0.6) is 5.75 Å². The molecule has 0 aliphatic heterocycles. The van der Waals surface area contributed by atoms with Gasteiger partial charge >= 0.3 is 0 Å². The van der Waals surface area contributed by atoms with Gasteiger partial charge in [-0.15, -0.1) is 0 Å². The molecular weight excluding hydrogens is 260 g/mol. The first-order chi connectivity index (χ1) is 8.24. The van der Waals surface area contributed by atoms with Gasteiger partial charge in [-0.2, -0.15) is 0 Å². The van der Waals surface area contributed by atoms with Crippen molar-refractivity contribution in [3.63, 3.8) is 0 Å². The van der Waals surface area contributed by atoms with E-state index in [4.69, 9.17) is 21.1 Å². The SMILES string of the molecule is COCCNc1nc2c(Cl)cc(OC)cc2s1. The van der Waals surface area contributed by atoms with E-state index in [2.05, 4.69) is 10.3 Å². The van der Waals surface area contributed by atoms with E-state index >= 15 is 0 Å². The number of benzene rings is 1. The summed E-state index contributed by atoms with van der Waals surface area (Å²) in [7, 11) is 3.29. The van der Waals surface area contributed by atoms with E-state index in [1.54, 1.807) is 31.6 Å². The standard InChI is InChI=1S/C11H13ClN2O2S/c1-15-4-3-13-11-14-10-8(12)5-7(16-2)6-9(10)17-11/h5-6H,3-4H2,1-2H3,(H,13,14). The van der Waals surface area contributed by atoms with Crippen LogP contribution in [-0.2, 0) is 4.74 Å². The molecule has 1 heterocycles. The van der Waals surface area contributed by atoms with Crippen molar-refractivity contribution in [1.29, 1.82) is 0 Å². The summed E-state index contributed by atoms with van der Waals surface area (Å²) in [4.78, 5) is 4.42. The predicted molar refractivity (Wildman–Crippen MR) is 71.5 cm³/mol. The van der Waals surface area contributed by atoms with Gasteiger partial charge in [-0.1, -0.05) is 22.9 Å². The van der Waals surface area contributed by atoms with Gasteiger partial charge in [-0.3, -0.25) is 0 Å². The van der Waals surface area contributed by atoms with Crippen molar-refractivity contribution in [3.05, 3.63) is 17.2 Å². The third-order valence-corrected chi connectivity index (χ3v) is 3.49. The fourth-order valence-corrected chi connectivity index (χ4v) is 2.67. The molecule has 0 aliphatic rings. The lowest BCUT2D eigenvalue weighted by molar-refractivity contribution is 0.211. The summed E-state index contributed by atoms with van der Waals surface area (Å²) < 4.78 is 11.1. The molecule has 0 unspecified atom stereocenters. The molecule has 2 rings (SSSR count). The van der Waals surface area contributed by atoms with Crippen LogP contribution < -0.4 is 10.1 Å². The summed E-state index contributed by atoms with van der Waals surface area (Å²) in [5.41, 5.74) is 0.803. The maximum atomic E-state index is 6.13. The number of ether oxygens (including phenoxy) is 2. The van der Waals surface area contributed by atoms with Crippen LogP contribution in [0.2, 0.25) is 5.02 Å². The van der Waals surface area contributed by atoms with Crippen molar-refractivity contribution >= 4 is 38.3 Å². The molecule has 0 fully saturated rings. The van der Waals surface area contributed by atoms with Gasteiger partial charge in [0, 0.05) is 19.7 Å². The highest BCUT2D eigenvalue weighted by Crippen LogP contribution is 2.34. The molecule has 17 heavy (non-hydrogen) atoms. The molecule has 1 aromatic heterocycles. The van der Waals surface area contributed by atoms with Gasteiger partial charge in [0.2, 0.25) is 0 Å². The summed E-state index contributed by atoms with van der Waals surface area (Å²) >= 11 is 7.68. The zero-order valence-corrected chi connectivity index (χ0v) is 11.2. The minimum absolute atomic E-state index is 0.607. The Morgan fingerprint density at radius 1 is 1.41 bits per heavy atom. The minimum atomic E-state index is 0.607. The van der Waals surface area contributed by atoms with Crippen molar-refractivity contribution in [3.8, 4) is 5.75 Å². The van der Waals surface area contributed by atoms with Crippen LogP contribution in [0.3, 0.4) is 0 Å². The zero-order valence-electron chi connectivity index (χ0n) is 9.62. The molecule has 0 amide bonds. The highest BCUT2D eigenvalue weighted by Gasteiger charge is 2.09. The molecule has 92 valence electrons. The Balaban J connectivity index is 2.26. The molecular formula is C11H13ClN2O2S. The molecule has 1 N–H and O–H groups in total. The Kier molecular flexibility index (Phi) is 4.04. The summed E-state index contributed by atoms with van der Waals surface area (Å²) in [5.74, 6) is 0.745. The molecule has 0 atom stereocenters. The van der Waals surface area contributed by atoms with Gasteiger partial charge in [0.25, 0.3) is 0 Å². The predicted octanol–water partition coefficient (Wildman–Crippen LogP) is 3.02. The highest BCUT2D eigenvalue weighted by atomic mass is 35.5. The number of methoxy groups -OCH3 is 2. The van der Waals surface area contributed by atoms with E-state index < -0.39 is 0 Å². The third kappa shape index (κ3) is 2.80. The second-order valence-corrected chi connectivity index (χ2v) is 4.83. The lowest BCUT2D eigenvalue weighted by Crippen LogP contribution is -2.06. The summed E-state index contributed by atoms with van der Waals surface area (Å²) in [6.07, 6.45) is 0. The van der Waals surface area contributed by atoms with E-state index in [9.17, 15) is 0 Å². The van der Waals surface area contributed by atoms with E-state index in [1.807, 2.05) is 6.07 Å². The Hall–Kier alpha value is -1.04. The van der Waals surface area contributed by atoms with E-state index in [0.29, 0.717) is 11.6 Å². The summed E-state index contributed by atoms with van der Waals surface area (Å²) in [6.45, 7) is 1.37. The molecule has 0 aliphatic carbocycles. The van der Waals surface area contributed by atoms with Crippen LogP contribution in [0.4, 0.5) is 5.13 Å². The lowest BCUT2D eigenvalue weighted by atomic mass is 10.3. The van der Waals surface area contributed by atoms with Crippen LogP contribution in [0.15, 0.2) is 12.1 Å². The Labute approximate surface area is 109 Å². The fourth-order valence-electron chi connectivity index (χ4n) is 1.42. The van der Waals surface area contributed by atoms with Crippen LogP contribution in [-0.4, -0.2) is 32.4 Å². The molecule has 0 radical (unpaired) electrons. The Bertz CT molecular complexity index is 515. The number of fused-ring (bicyclic) bond motifs is 1. The van der Waals surface area contributed by atoms with Crippen molar-refractivity contribution in [2.75, 3.05) is 32.7 Å². The van der Waals surface area contributed by atoms with Crippen LogP contribution >= 0.6 is 22.9 Å². The molecule has 4 nitrogen and oxygen atoms in total. The first-order valence-electron chi connectivity index (χ1n) is 5.11. The first-order valence-corrected chi connectivity index (χ1v) is 6.31. The monoisotopic (exact) mass is 272 g/mol. The van der Waals surface area contributed by atoms with Gasteiger partial charge in [-0.05, 0) is 6.07 Å². The number of aromatic nitrogens is 1. The molecule has 0 saturated carbocycles. The number of nitrogens with zero attached hydrogens (tertiary/aromatic N) is 1. The molecule has 0 spiro atoms. The molecule has 0 saturated heterocycles. The first kappa shape index (κ1) is 12.4. The van der Waals surface area contributed by atoms with Crippen LogP contribution in [0.1, 0.15) is 0 Å². The molecule has 6 heteroatoms. The van der Waals surface area contributed by atoms with Gasteiger partial charge in [0.15, 0.2) is 5.13 Å². The summed E-state index contributed by atoms with van der Waals surface area (Å²) in [6, 6.07) is 3.70. The molecule has 2 aromatic rings. The van der Waals surface area contributed by atoms with Gasteiger partial charge in [0.1, 0.15) is 11.3 Å². The molecule has 0 bridgehead atoms. The maximum absolute atomic E-state index is 6.13. The fraction of sp³-hybridized carbons (Fsp3) is 0.364. The number of anilines is 1. The smallest absolute Gasteiger partial charge is 0.183 e. The van der Waals surface area contributed by atoms with Crippen molar-refractivity contribution in [1.82, 2.24) is 4.98 Å². The maximum Gasteiger partial charge on any atom is 0.183 e. The van der Waals surface area contributed by atoms with Gasteiger partial charge in [-0.25, -0.2) is 4.98 Å². The largest absolute Gasteiger partial charge is 0.497 e. The van der Waals surface area contributed by atoms with Crippen molar-refractivity contribution < 1.29 is 9.47 Å². The quantitative estimate of drug-likeness (QED) is 0.850. The third-order valence-electron chi connectivity index (χ3n) is 2.24. The normalized spacial score (nSPS) is 10.8. The van der Waals surface area contributed by atoms with E-state index in [1.165, 1.54) is 0 Å². The van der Waals surface area contributed by atoms with Crippen molar-refractivity contribution in [2.45, 2.75) is 0 Å². The van der Waals surface area contributed by atoms with E-state index in [0.717, 1.165) is 27.6 Å². The van der Waals surface area contributed by atoms with Crippen molar-refractivity contribution in [2.24, 2.45) is 0 Å². The van der Waals surface area contributed by atoms with E-state index in [-0.39, 0.29) is 0 Å². The number of halogens is 1. The minimum Gasteiger partial charge on any atom is -0.497 e. The summed E-state index contributed by atoms with van der Waals surface area (Å²) in [5, 5.41) is 4.63. The zero-order chi connectivity index (χ0) is 12.3. The second kappa shape index (κ2) is 5.53. The number of thiazole rings is 1. The average molecular weight is 273 g/mol. The number of hydrogen-bond acceptors (Lipinski definition) is 5. The Morgan fingerprint density at radius 3 is 2.94 bits per heavy atom. The van der Waals surface area contributed by atoms with Gasteiger partial charge < -0.3 is 14.8 Å². The highest BCUT2D eigenvalue weighted by molar-refractivity contribution is 7.22. The number of hydrogen-bond donors (Lipinski definition) is 1. The Morgan fingerprint density at radius 2 is 2.24 bits per heavy atom. The lowest BCUT2D eigenvalue weighted by Gasteiger charge is -1.99. The molecule has 1 aromatic carbocycles. The van der Waals surface area contributed by atoms with Crippen LogP contribution in [0.25, 0.3) is 10.2 Å². The average Bonchev–Trinajstić information content (AvgIpc) is 2.72. The second-order valence-electron chi connectivity index (χ2n) is 3.39. The topological polar surface area (TPSA) is 43.4 Å².